The first-order valence-corrected chi connectivity index (χ1v) is 12.4. The van der Waals surface area contributed by atoms with Gasteiger partial charge in [0.05, 0.1) is 48.4 Å². The van der Waals surface area contributed by atoms with Gasteiger partial charge < -0.3 is 19.2 Å². The van der Waals surface area contributed by atoms with Crippen molar-refractivity contribution < 1.29 is 14.2 Å². The minimum atomic E-state index is -0.225. The lowest BCUT2D eigenvalue weighted by molar-refractivity contribution is 0.0953. The van der Waals surface area contributed by atoms with Crippen molar-refractivity contribution in [2.75, 3.05) is 20.8 Å². The highest BCUT2D eigenvalue weighted by Gasteiger charge is 2.22. The van der Waals surface area contributed by atoms with Gasteiger partial charge in [0.15, 0.2) is 22.5 Å². The van der Waals surface area contributed by atoms with Gasteiger partial charge in [-0.1, -0.05) is 17.8 Å². The number of benzene rings is 1. The summed E-state index contributed by atoms with van der Waals surface area (Å²) in [7, 11) is 3.09. The monoisotopic (exact) mass is 485 g/mol. The molecule has 9 nitrogen and oxygen atoms in total. The Morgan fingerprint density at radius 2 is 2.12 bits per heavy atom. The Hall–Kier alpha value is -2.89. The molecule has 0 bridgehead atoms. The van der Waals surface area contributed by atoms with Crippen LogP contribution in [0.3, 0.4) is 0 Å². The van der Waals surface area contributed by atoms with Gasteiger partial charge in [0.2, 0.25) is 0 Å². The van der Waals surface area contributed by atoms with Gasteiger partial charge in [-0.05, 0) is 30.4 Å². The Morgan fingerprint density at radius 3 is 2.85 bits per heavy atom. The predicted molar refractivity (Wildman–Crippen MR) is 127 cm³/mol. The molecule has 1 atom stereocenters. The Morgan fingerprint density at radius 1 is 1.27 bits per heavy atom. The van der Waals surface area contributed by atoms with Crippen molar-refractivity contribution in [2.45, 2.75) is 36.4 Å². The molecule has 1 unspecified atom stereocenters. The predicted octanol–water partition coefficient (Wildman–Crippen LogP) is 3.73. The van der Waals surface area contributed by atoms with Crippen molar-refractivity contribution in [1.82, 2.24) is 24.7 Å². The highest BCUT2D eigenvalue weighted by atomic mass is 32.2. The lowest BCUT2D eigenvalue weighted by Crippen LogP contribution is -2.16. The third-order valence-corrected chi connectivity index (χ3v) is 7.31. The number of hydrogen-bond acceptors (Lipinski definition) is 9. The van der Waals surface area contributed by atoms with E-state index < -0.39 is 0 Å². The van der Waals surface area contributed by atoms with Gasteiger partial charge in [-0.3, -0.25) is 9.36 Å². The van der Waals surface area contributed by atoms with Crippen molar-refractivity contribution in [3.8, 4) is 22.2 Å². The fourth-order valence-corrected chi connectivity index (χ4v) is 5.39. The Kier molecular flexibility index (Phi) is 6.34. The largest absolute Gasteiger partial charge is 0.493 e. The van der Waals surface area contributed by atoms with E-state index in [-0.39, 0.29) is 11.7 Å². The number of rotatable bonds is 8. The van der Waals surface area contributed by atoms with Gasteiger partial charge in [0.1, 0.15) is 5.82 Å². The van der Waals surface area contributed by atoms with E-state index >= 15 is 0 Å². The quantitative estimate of drug-likeness (QED) is 0.377. The number of thiophene rings is 1. The van der Waals surface area contributed by atoms with Gasteiger partial charge in [0.25, 0.3) is 5.56 Å². The van der Waals surface area contributed by atoms with Crippen LogP contribution in [0.25, 0.3) is 21.6 Å². The van der Waals surface area contributed by atoms with Crippen molar-refractivity contribution in [3.63, 3.8) is 0 Å². The molecular formula is C22H23N5O4S2. The molecule has 1 saturated heterocycles. The van der Waals surface area contributed by atoms with E-state index in [1.165, 1.54) is 18.9 Å². The second-order valence-electron chi connectivity index (χ2n) is 7.55. The molecule has 4 aromatic rings. The third kappa shape index (κ3) is 4.48. The van der Waals surface area contributed by atoms with E-state index in [4.69, 9.17) is 14.2 Å². The van der Waals surface area contributed by atoms with Crippen LogP contribution in [0.4, 0.5) is 0 Å². The van der Waals surface area contributed by atoms with E-state index in [1.807, 2.05) is 17.5 Å². The fraction of sp³-hybridized carbons (Fsp3) is 0.364. The van der Waals surface area contributed by atoms with Crippen molar-refractivity contribution in [1.29, 1.82) is 0 Å². The highest BCUT2D eigenvalue weighted by molar-refractivity contribution is 7.98. The third-order valence-electron chi connectivity index (χ3n) is 5.47. The number of nitrogens with zero attached hydrogens (tertiary/aromatic N) is 4. The Bertz CT molecular complexity index is 1310. The minimum Gasteiger partial charge on any atom is -0.493 e. The molecule has 0 amide bonds. The maximum Gasteiger partial charge on any atom is 0.258 e. The molecule has 1 N–H and O–H groups in total. The van der Waals surface area contributed by atoms with Crippen LogP contribution < -0.4 is 15.0 Å². The molecule has 1 fully saturated rings. The van der Waals surface area contributed by atoms with Crippen LogP contribution in [-0.4, -0.2) is 51.7 Å². The lowest BCUT2D eigenvalue weighted by atomic mass is 10.2. The topological polar surface area (TPSA) is 104 Å². The molecule has 1 aliphatic heterocycles. The number of hydrogen-bond donors (Lipinski definition) is 1. The molecule has 172 valence electrons. The van der Waals surface area contributed by atoms with Crippen molar-refractivity contribution in [2.24, 2.45) is 0 Å². The standard InChI is InChI=1S/C22H23N5O4S2/c1-29-16-9-14-15(10-17(16)30-2)23-19(24-21(14)28)12-33-22-26-25-20(18-6-4-8-32-18)27(22)11-13-5-3-7-31-13/h4,6,8-10,13H,3,5,7,11-12H2,1-2H3,(H,23,24,28). The molecule has 33 heavy (non-hydrogen) atoms. The van der Waals surface area contributed by atoms with Crippen LogP contribution in [0, 0.1) is 0 Å². The number of fused-ring (bicyclic) bond motifs is 1. The first-order valence-electron chi connectivity index (χ1n) is 10.5. The smallest absolute Gasteiger partial charge is 0.258 e. The van der Waals surface area contributed by atoms with Crippen LogP contribution in [0.5, 0.6) is 11.5 Å². The average molecular weight is 486 g/mol. The second kappa shape index (κ2) is 9.54. The molecule has 1 aromatic carbocycles. The van der Waals surface area contributed by atoms with E-state index in [2.05, 4.69) is 24.7 Å². The molecule has 0 aliphatic carbocycles. The summed E-state index contributed by atoms with van der Waals surface area (Å²) in [5.74, 6) is 2.84. The molecule has 0 saturated carbocycles. The molecular weight excluding hydrogens is 462 g/mol. The summed E-state index contributed by atoms with van der Waals surface area (Å²) in [6.07, 6.45) is 2.25. The van der Waals surface area contributed by atoms with Crippen molar-refractivity contribution >= 4 is 34.0 Å². The van der Waals surface area contributed by atoms with Crippen LogP contribution >= 0.6 is 23.1 Å². The molecule has 11 heteroatoms. The zero-order valence-electron chi connectivity index (χ0n) is 18.2. The molecule has 5 rings (SSSR count). The van der Waals surface area contributed by atoms with Crippen LogP contribution in [0.15, 0.2) is 39.6 Å². The zero-order chi connectivity index (χ0) is 22.8. The Labute approximate surface area is 198 Å². The normalized spacial score (nSPS) is 15.9. The van der Waals surface area contributed by atoms with Gasteiger partial charge in [-0.15, -0.1) is 21.5 Å². The summed E-state index contributed by atoms with van der Waals surface area (Å²) in [6.45, 7) is 1.49. The molecule has 0 spiro atoms. The SMILES string of the molecule is COc1cc2nc(CSc3nnc(-c4cccs4)n3CC3CCCO3)[nH]c(=O)c2cc1OC. The van der Waals surface area contributed by atoms with E-state index in [1.54, 1.807) is 30.6 Å². The van der Waals surface area contributed by atoms with Crippen molar-refractivity contribution in [3.05, 3.63) is 45.8 Å². The van der Waals surface area contributed by atoms with Gasteiger partial charge in [-0.2, -0.15) is 0 Å². The lowest BCUT2D eigenvalue weighted by Gasteiger charge is -2.14. The van der Waals surface area contributed by atoms with Gasteiger partial charge in [-0.25, -0.2) is 4.98 Å². The zero-order valence-corrected chi connectivity index (χ0v) is 19.9. The number of methoxy groups -OCH3 is 2. The molecule has 0 radical (unpaired) electrons. The summed E-state index contributed by atoms with van der Waals surface area (Å²) in [5, 5.41) is 12.1. The molecule has 3 aromatic heterocycles. The first kappa shape index (κ1) is 21.9. The number of nitrogens with one attached hydrogen (secondary N) is 1. The maximum atomic E-state index is 12.7. The first-order chi connectivity index (χ1) is 16.2. The van der Waals surface area contributed by atoms with Gasteiger partial charge >= 0.3 is 0 Å². The number of H-pyrrole nitrogens is 1. The average Bonchev–Trinajstić information content (AvgIpc) is 3.60. The van der Waals surface area contributed by atoms with E-state index in [0.29, 0.717) is 40.5 Å². The van der Waals surface area contributed by atoms with Crippen LogP contribution in [-0.2, 0) is 17.0 Å². The number of thioether (sulfide) groups is 1. The summed E-state index contributed by atoms with van der Waals surface area (Å²) in [4.78, 5) is 21.3. The molecule has 1 aliphatic rings. The summed E-state index contributed by atoms with van der Waals surface area (Å²) < 4.78 is 18.6. The minimum absolute atomic E-state index is 0.153. The number of ether oxygens (including phenoxy) is 3. The Balaban J connectivity index is 1.43. The molecule has 4 heterocycles. The maximum absolute atomic E-state index is 12.7. The second-order valence-corrected chi connectivity index (χ2v) is 9.44. The van der Waals surface area contributed by atoms with Crippen LogP contribution in [0.2, 0.25) is 0 Å². The summed E-state index contributed by atoms with van der Waals surface area (Å²) >= 11 is 3.12. The van der Waals surface area contributed by atoms with E-state index in [0.717, 1.165) is 35.3 Å². The van der Waals surface area contributed by atoms with Crippen LogP contribution in [0.1, 0.15) is 18.7 Å². The fourth-order valence-electron chi connectivity index (χ4n) is 3.86. The number of aromatic nitrogens is 5. The highest BCUT2D eigenvalue weighted by Crippen LogP contribution is 2.32. The summed E-state index contributed by atoms with van der Waals surface area (Å²) in [6, 6.07) is 7.40. The van der Waals surface area contributed by atoms with E-state index in [9.17, 15) is 4.79 Å². The number of aromatic amines is 1. The van der Waals surface area contributed by atoms with Gasteiger partial charge in [0, 0.05) is 12.7 Å². The summed E-state index contributed by atoms with van der Waals surface area (Å²) in [5.41, 5.74) is 0.323.